The molecule has 1 amide bonds. The molecule has 0 aliphatic carbocycles. The Bertz CT molecular complexity index is 534. The van der Waals surface area contributed by atoms with Gasteiger partial charge in [-0.05, 0) is 42.4 Å². The highest BCUT2D eigenvalue weighted by molar-refractivity contribution is 9.10. The van der Waals surface area contributed by atoms with Crippen LogP contribution >= 0.6 is 15.9 Å². The SMILES string of the molecule is Cc1c(N)cc(Br)cc1C(=O)N1CCC(C(C)(C)C)C1. The van der Waals surface area contributed by atoms with Gasteiger partial charge in [0.15, 0.2) is 0 Å². The van der Waals surface area contributed by atoms with Gasteiger partial charge in [0.05, 0.1) is 0 Å². The largest absolute Gasteiger partial charge is 0.398 e. The van der Waals surface area contributed by atoms with Crippen molar-refractivity contribution in [3.05, 3.63) is 27.7 Å². The number of nitrogen functional groups attached to an aromatic ring is 1. The van der Waals surface area contributed by atoms with Crippen LogP contribution < -0.4 is 5.73 Å². The van der Waals surface area contributed by atoms with E-state index in [0.29, 0.717) is 17.2 Å². The Hall–Kier alpha value is -1.03. The Morgan fingerprint density at radius 1 is 1.40 bits per heavy atom. The maximum Gasteiger partial charge on any atom is 0.254 e. The third-order valence-corrected chi connectivity index (χ3v) is 4.80. The second-order valence-corrected chi connectivity index (χ2v) is 7.69. The Balaban J connectivity index is 2.22. The first-order chi connectivity index (χ1) is 9.20. The molecule has 0 bridgehead atoms. The predicted molar refractivity (Wildman–Crippen MR) is 86.8 cm³/mol. The number of carbonyl (C=O) groups is 1. The molecule has 0 spiro atoms. The minimum absolute atomic E-state index is 0.0993. The summed E-state index contributed by atoms with van der Waals surface area (Å²) in [7, 11) is 0. The zero-order valence-corrected chi connectivity index (χ0v) is 14.3. The normalized spacial score (nSPS) is 19.4. The molecule has 1 unspecified atom stereocenters. The number of benzene rings is 1. The van der Waals surface area contributed by atoms with E-state index in [2.05, 4.69) is 36.7 Å². The van der Waals surface area contributed by atoms with Gasteiger partial charge in [0.25, 0.3) is 5.91 Å². The topological polar surface area (TPSA) is 46.3 Å². The first kappa shape index (κ1) is 15.4. The molecule has 20 heavy (non-hydrogen) atoms. The number of nitrogens with zero attached hydrogens (tertiary/aromatic N) is 1. The summed E-state index contributed by atoms with van der Waals surface area (Å²) in [6, 6.07) is 3.71. The second kappa shape index (κ2) is 5.40. The van der Waals surface area contributed by atoms with E-state index in [4.69, 9.17) is 5.73 Å². The highest BCUT2D eigenvalue weighted by Crippen LogP contribution is 2.34. The van der Waals surface area contributed by atoms with Crippen LogP contribution in [0.1, 0.15) is 43.1 Å². The highest BCUT2D eigenvalue weighted by Gasteiger charge is 2.34. The number of nitrogens with two attached hydrogens (primary N) is 1. The van der Waals surface area contributed by atoms with Crippen LogP contribution in [-0.4, -0.2) is 23.9 Å². The quantitative estimate of drug-likeness (QED) is 0.790. The fraction of sp³-hybridized carbons (Fsp3) is 0.562. The molecular weight excluding hydrogens is 316 g/mol. The minimum atomic E-state index is 0.0993. The zero-order chi connectivity index (χ0) is 15.1. The summed E-state index contributed by atoms with van der Waals surface area (Å²) in [5.41, 5.74) is 8.45. The summed E-state index contributed by atoms with van der Waals surface area (Å²) >= 11 is 3.42. The summed E-state index contributed by atoms with van der Waals surface area (Å²) in [6.07, 6.45) is 1.08. The van der Waals surface area contributed by atoms with Gasteiger partial charge >= 0.3 is 0 Å². The molecule has 1 fully saturated rings. The molecule has 1 aliphatic rings. The van der Waals surface area contributed by atoms with Gasteiger partial charge in [0.1, 0.15) is 0 Å². The van der Waals surface area contributed by atoms with E-state index in [1.807, 2.05) is 24.0 Å². The molecule has 0 aromatic heterocycles. The summed E-state index contributed by atoms with van der Waals surface area (Å²) < 4.78 is 0.857. The van der Waals surface area contributed by atoms with E-state index in [1.54, 1.807) is 0 Å². The number of carbonyl (C=O) groups excluding carboxylic acids is 1. The lowest BCUT2D eigenvalue weighted by atomic mass is 9.80. The molecule has 110 valence electrons. The third kappa shape index (κ3) is 3.00. The van der Waals surface area contributed by atoms with Crippen LogP contribution in [0.15, 0.2) is 16.6 Å². The van der Waals surface area contributed by atoms with Crippen LogP contribution in [0.25, 0.3) is 0 Å². The van der Waals surface area contributed by atoms with Crippen LogP contribution in [0.2, 0.25) is 0 Å². The number of likely N-dealkylation sites (tertiary alicyclic amines) is 1. The lowest BCUT2D eigenvalue weighted by Gasteiger charge is -2.27. The molecule has 1 atom stereocenters. The molecule has 2 rings (SSSR count). The molecule has 1 aromatic rings. The summed E-state index contributed by atoms with van der Waals surface area (Å²) in [4.78, 5) is 14.7. The summed E-state index contributed by atoms with van der Waals surface area (Å²) in [5.74, 6) is 0.665. The Morgan fingerprint density at radius 2 is 2.05 bits per heavy atom. The first-order valence-electron chi connectivity index (χ1n) is 7.05. The lowest BCUT2D eigenvalue weighted by molar-refractivity contribution is 0.0776. The van der Waals surface area contributed by atoms with Crippen molar-refractivity contribution in [1.82, 2.24) is 4.90 Å². The molecule has 1 aliphatic heterocycles. The van der Waals surface area contributed by atoms with Crippen LogP contribution in [0, 0.1) is 18.3 Å². The Labute approximate surface area is 129 Å². The van der Waals surface area contributed by atoms with Crippen molar-refractivity contribution in [2.45, 2.75) is 34.1 Å². The van der Waals surface area contributed by atoms with Gasteiger partial charge in [-0.1, -0.05) is 36.7 Å². The molecule has 0 saturated carbocycles. The molecule has 2 N–H and O–H groups in total. The van der Waals surface area contributed by atoms with Gasteiger partial charge in [-0.25, -0.2) is 0 Å². The van der Waals surface area contributed by atoms with E-state index >= 15 is 0 Å². The maximum atomic E-state index is 12.7. The van der Waals surface area contributed by atoms with Gasteiger partial charge < -0.3 is 10.6 Å². The second-order valence-electron chi connectivity index (χ2n) is 6.77. The van der Waals surface area contributed by atoms with E-state index in [9.17, 15) is 4.79 Å². The highest BCUT2D eigenvalue weighted by atomic mass is 79.9. The van der Waals surface area contributed by atoms with Crippen LogP contribution in [0.4, 0.5) is 5.69 Å². The maximum absolute atomic E-state index is 12.7. The van der Waals surface area contributed by atoms with Crippen molar-refractivity contribution in [2.24, 2.45) is 11.3 Å². The predicted octanol–water partition coefficient (Wildman–Crippen LogP) is 3.85. The number of hydrogen-bond donors (Lipinski definition) is 1. The average Bonchev–Trinajstić information content (AvgIpc) is 2.82. The van der Waals surface area contributed by atoms with Gasteiger partial charge in [-0.15, -0.1) is 0 Å². The van der Waals surface area contributed by atoms with Crippen molar-refractivity contribution in [1.29, 1.82) is 0 Å². The van der Waals surface area contributed by atoms with Crippen molar-refractivity contribution in [2.75, 3.05) is 18.8 Å². The number of hydrogen-bond acceptors (Lipinski definition) is 2. The monoisotopic (exact) mass is 338 g/mol. The minimum Gasteiger partial charge on any atom is -0.398 e. The van der Waals surface area contributed by atoms with E-state index < -0.39 is 0 Å². The van der Waals surface area contributed by atoms with E-state index in [0.717, 1.165) is 29.5 Å². The Morgan fingerprint density at radius 3 is 2.60 bits per heavy atom. The molecule has 1 aromatic carbocycles. The zero-order valence-electron chi connectivity index (χ0n) is 12.7. The molecule has 1 heterocycles. The fourth-order valence-electron chi connectivity index (χ4n) is 2.74. The lowest BCUT2D eigenvalue weighted by Crippen LogP contribution is -2.31. The number of anilines is 1. The van der Waals surface area contributed by atoms with E-state index in [-0.39, 0.29) is 11.3 Å². The summed E-state index contributed by atoms with van der Waals surface area (Å²) in [5, 5.41) is 0. The molecule has 4 heteroatoms. The molecule has 1 saturated heterocycles. The van der Waals surface area contributed by atoms with Gasteiger partial charge in [0, 0.05) is 28.8 Å². The number of amides is 1. The standard InChI is InChI=1S/C16H23BrN2O/c1-10-13(7-12(17)8-14(10)18)15(20)19-6-5-11(9-19)16(2,3)4/h7-8,11H,5-6,9,18H2,1-4H3. The smallest absolute Gasteiger partial charge is 0.254 e. The van der Waals surface area contributed by atoms with Crippen LogP contribution in [0.3, 0.4) is 0 Å². The van der Waals surface area contributed by atoms with Crippen molar-refractivity contribution in [3.8, 4) is 0 Å². The van der Waals surface area contributed by atoms with E-state index in [1.165, 1.54) is 0 Å². The fourth-order valence-corrected chi connectivity index (χ4v) is 3.22. The number of rotatable bonds is 1. The number of halogens is 1. The molecule has 3 nitrogen and oxygen atoms in total. The molecular formula is C16H23BrN2O. The van der Waals surface area contributed by atoms with Gasteiger partial charge in [-0.2, -0.15) is 0 Å². The summed E-state index contributed by atoms with van der Waals surface area (Å²) in [6.45, 7) is 10.3. The van der Waals surface area contributed by atoms with Crippen LogP contribution in [0.5, 0.6) is 0 Å². The van der Waals surface area contributed by atoms with Crippen LogP contribution in [-0.2, 0) is 0 Å². The van der Waals surface area contributed by atoms with Gasteiger partial charge in [0.2, 0.25) is 0 Å². The average molecular weight is 339 g/mol. The van der Waals surface area contributed by atoms with Crippen molar-refractivity contribution >= 4 is 27.5 Å². The first-order valence-corrected chi connectivity index (χ1v) is 7.84. The van der Waals surface area contributed by atoms with Gasteiger partial charge in [-0.3, -0.25) is 4.79 Å². The van der Waals surface area contributed by atoms with Crippen molar-refractivity contribution < 1.29 is 4.79 Å². The third-order valence-electron chi connectivity index (χ3n) is 4.34. The molecule has 0 radical (unpaired) electrons. The Kier molecular flexibility index (Phi) is 4.14. The van der Waals surface area contributed by atoms with Crippen molar-refractivity contribution in [3.63, 3.8) is 0 Å².